The SMILES string of the molecule is Fc1ccc(-c2ccsn2)cc1. The summed E-state index contributed by atoms with van der Waals surface area (Å²) in [7, 11) is 0. The fourth-order valence-electron chi connectivity index (χ4n) is 0.982. The van der Waals surface area contributed by atoms with Crippen LogP contribution in [-0.2, 0) is 0 Å². The van der Waals surface area contributed by atoms with E-state index in [1.807, 2.05) is 11.4 Å². The molecule has 0 radical (unpaired) electrons. The number of hydrogen-bond donors (Lipinski definition) is 0. The molecule has 1 aromatic heterocycles. The van der Waals surface area contributed by atoms with Crippen LogP contribution < -0.4 is 0 Å². The minimum Gasteiger partial charge on any atom is -0.207 e. The summed E-state index contributed by atoms with van der Waals surface area (Å²) in [4.78, 5) is 0. The molecule has 3 heteroatoms. The van der Waals surface area contributed by atoms with E-state index in [9.17, 15) is 4.39 Å². The Balaban J connectivity index is 2.43. The number of rotatable bonds is 1. The van der Waals surface area contributed by atoms with Crippen molar-refractivity contribution < 1.29 is 4.39 Å². The van der Waals surface area contributed by atoms with Gasteiger partial charge in [-0.25, -0.2) is 4.39 Å². The van der Waals surface area contributed by atoms with Gasteiger partial charge in [0.25, 0.3) is 0 Å². The number of aromatic nitrogens is 1. The first-order valence-electron chi connectivity index (χ1n) is 3.52. The smallest absolute Gasteiger partial charge is 0.123 e. The Morgan fingerprint density at radius 3 is 2.42 bits per heavy atom. The van der Waals surface area contributed by atoms with Gasteiger partial charge in [-0.2, -0.15) is 4.37 Å². The molecule has 0 N–H and O–H groups in total. The minimum absolute atomic E-state index is 0.214. The van der Waals surface area contributed by atoms with Crippen molar-refractivity contribution >= 4 is 11.5 Å². The maximum absolute atomic E-state index is 12.5. The van der Waals surface area contributed by atoms with Crippen LogP contribution in [0.2, 0.25) is 0 Å². The molecule has 12 heavy (non-hydrogen) atoms. The summed E-state index contributed by atoms with van der Waals surface area (Å²) in [6.07, 6.45) is 0. The van der Waals surface area contributed by atoms with Gasteiger partial charge < -0.3 is 0 Å². The van der Waals surface area contributed by atoms with E-state index < -0.39 is 0 Å². The molecule has 0 aliphatic carbocycles. The molecule has 60 valence electrons. The molecule has 0 saturated heterocycles. The first-order valence-corrected chi connectivity index (χ1v) is 4.36. The van der Waals surface area contributed by atoms with Crippen molar-refractivity contribution in [1.29, 1.82) is 0 Å². The largest absolute Gasteiger partial charge is 0.207 e. The van der Waals surface area contributed by atoms with E-state index in [0.717, 1.165) is 11.3 Å². The second-order valence-electron chi connectivity index (χ2n) is 2.39. The first-order chi connectivity index (χ1) is 5.86. The average Bonchev–Trinajstić information content (AvgIpc) is 2.58. The summed E-state index contributed by atoms with van der Waals surface area (Å²) in [6.45, 7) is 0. The molecule has 2 rings (SSSR count). The highest BCUT2D eigenvalue weighted by Gasteiger charge is 1.98. The summed E-state index contributed by atoms with van der Waals surface area (Å²) < 4.78 is 16.6. The highest BCUT2D eigenvalue weighted by atomic mass is 32.1. The molecule has 1 heterocycles. The molecule has 0 bridgehead atoms. The second kappa shape index (κ2) is 3.03. The fourth-order valence-corrected chi connectivity index (χ4v) is 1.51. The maximum atomic E-state index is 12.5. The van der Waals surface area contributed by atoms with Gasteiger partial charge in [0.15, 0.2) is 0 Å². The van der Waals surface area contributed by atoms with Crippen LogP contribution in [0.25, 0.3) is 11.3 Å². The Kier molecular flexibility index (Phi) is 1.87. The van der Waals surface area contributed by atoms with Crippen LogP contribution >= 0.6 is 11.5 Å². The normalized spacial score (nSPS) is 10.1. The lowest BCUT2D eigenvalue weighted by molar-refractivity contribution is 0.628. The van der Waals surface area contributed by atoms with Crippen LogP contribution in [0.5, 0.6) is 0 Å². The van der Waals surface area contributed by atoms with E-state index in [1.165, 1.54) is 23.7 Å². The lowest BCUT2D eigenvalue weighted by Gasteiger charge is -1.94. The Labute approximate surface area is 73.7 Å². The van der Waals surface area contributed by atoms with Gasteiger partial charge in [0.2, 0.25) is 0 Å². The minimum atomic E-state index is -0.214. The third-order valence-corrected chi connectivity index (χ3v) is 2.14. The quantitative estimate of drug-likeness (QED) is 0.655. The third kappa shape index (κ3) is 1.36. The van der Waals surface area contributed by atoms with Gasteiger partial charge in [-0.05, 0) is 41.9 Å². The zero-order valence-corrected chi connectivity index (χ0v) is 7.01. The predicted molar refractivity (Wildman–Crippen MR) is 47.5 cm³/mol. The highest BCUT2D eigenvalue weighted by molar-refractivity contribution is 7.03. The zero-order chi connectivity index (χ0) is 8.39. The summed E-state index contributed by atoms with van der Waals surface area (Å²) in [5.41, 5.74) is 1.86. The fraction of sp³-hybridized carbons (Fsp3) is 0. The van der Waals surface area contributed by atoms with Crippen molar-refractivity contribution in [3.05, 3.63) is 41.5 Å². The van der Waals surface area contributed by atoms with Gasteiger partial charge >= 0.3 is 0 Å². The standard InChI is InChI=1S/C9H6FNS/c10-8-3-1-7(2-4-8)9-5-6-12-11-9/h1-6H. The van der Waals surface area contributed by atoms with E-state index in [-0.39, 0.29) is 5.82 Å². The van der Waals surface area contributed by atoms with E-state index in [4.69, 9.17) is 0 Å². The molecular formula is C9H6FNS. The molecule has 0 fully saturated rings. The van der Waals surface area contributed by atoms with Gasteiger partial charge in [0.1, 0.15) is 5.82 Å². The lowest BCUT2D eigenvalue weighted by Crippen LogP contribution is -1.76. The molecule has 0 amide bonds. The van der Waals surface area contributed by atoms with Crippen LogP contribution in [0, 0.1) is 5.82 Å². The monoisotopic (exact) mass is 179 g/mol. The Hall–Kier alpha value is -1.22. The Bertz CT molecular complexity index is 353. The van der Waals surface area contributed by atoms with Crippen molar-refractivity contribution in [2.24, 2.45) is 0 Å². The molecule has 0 unspecified atom stereocenters. The molecule has 2 aromatic rings. The van der Waals surface area contributed by atoms with Crippen molar-refractivity contribution in [3.63, 3.8) is 0 Å². The summed E-state index contributed by atoms with van der Waals surface area (Å²) in [6, 6.07) is 8.25. The van der Waals surface area contributed by atoms with Gasteiger partial charge in [-0.15, -0.1) is 0 Å². The van der Waals surface area contributed by atoms with Crippen molar-refractivity contribution in [1.82, 2.24) is 4.37 Å². The third-order valence-electron chi connectivity index (χ3n) is 1.58. The number of hydrogen-bond acceptors (Lipinski definition) is 2. The van der Waals surface area contributed by atoms with Gasteiger partial charge in [0, 0.05) is 10.9 Å². The van der Waals surface area contributed by atoms with Gasteiger partial charge in [-0.3, -0.25) is 0 Å². The Morgan fingerprint density at radius 2 is 1.83 bits per heavy atom. The molecule has 0 aliphatic rings. The van der Waals surface area contributed by atoms with Crippen LogP contribution in [0.4, 0.5) is 4.39 Å². The second-order valence-corrected chi connectivity index (χ2v) is 3.06. The van der Waals surface area contributed by atoms with Crippen LogP contribution in [-0.4, -0.2) is 4.37 Å². The molecule has 0 saturated carbocycles. The summed E-state index contributed by atoms with van der Waals surface area (Å²) in [5, 5.41) is 1.90. The Morgan fingerprint density at radius 1 is 1.08 bits per heavy atom. The summed E-state index contributed by atoms with van der Waals surface area (Å²) >= 11 is 1.39. The molecule has 0 atom stereocenters. The van der Waals surface area contributed by atoms with Crippen molar-refractivity contribution in [3.8, 4) is 11.3 Å². The number of nitrogens with zero attached hydrogens (tertiary/aromatic N) is 1. The van der Waals surface area contributed by atoms with Crippen LogP contribution in [0.1, 0.15) is 0 Å². The molecule has 0 spiro atoms. The van der Waals surface area contributed by atoms with E-state index >= 15 is 0 Å². The van der Waals surface area contributed by atoms with Crippen molar-refractivity contribution in [2.45, 2.75) is 0 Å². The first kappa shape index (κ1) is 7.43. The lowest BCUT2D eigenvalue weighted by atomic mass is 10.1. The van der Waals surface area contributed by atoms with Crippen LogP contribution in [0.15, 0.2) is 35.7 Å². The molecular weight excluding hydrogens is 173 g/mol. The molecule has 1 aromatic carbocycles. The van der Waals surface area contributed by atoms with Gasteiger partial charge in [0.05, 0.1) is 5.69 Å². The summed E-state index contributed by atoms with van der Waals surface area (Å²) in [5.74, 6) is -0.214. The van der Waals surface area contributed by atoms with E-state index in [0.29, 0.717) is 0 Å². The molecule has 1 nitrogen and oxygen atoms in total. The topological polar surface area (TPSA) is 12.9 Å². The number of halogens is 1. The predicted octanol–water partition coefficient (Wildman–Crippen LogP) is 2.95. The number of benzene rings is 1. The maximum Gasteiger partial charge on any atom is 0.123 e. The van der Waals surface area contributed by atoms with Crippen molar-refractivity contribution in [2.75, 3.05) is 0 Å². The van der Waals surface area contributed by atoms with E-state index in [2.05, 4.69) is 4.37 Å². The highest BCUT2D eigenvalue weighted by Crippen LogP contribution is 2.18. The van der Waals surface area contributed by atoms with Crippen LogP contribution in [0.3, 0.4) is 0 Å². The van der Waals surface area contributed by atoms with Gasteiger partial charge in [-0.1, -0.05) is 0 Å². The average molecular weight is 179 g/mol. The molecule has 0 aliphatic heterocycles. The van der Waals surface area contributed by atoms with E-state index in [1.54, 1.807) is 12.1 Å². The zero-order valence-electron chi connectivity index (χ0n) is 6.20.